The normalized spacial score (nSPS) is 16.9. The van der Waals surface area contributed by atoms with Gasteiger partial charge < -0.3 is 15.6 Å². The van der Waals surface area contributed by atoms with E-state index < -0.39 is 0 Å². The maximum atomic E-state index is 9.22. The predicted octanol–water partition coefficient (Wildman–Crippen LogP) is 1.15. The summed E-state index contributed by atoms with van der Waals surface area (Å²) in [6.07, 6.45) is 2.40. The fourth-order valence-electron chi connectivity index (χ4n) is 2.50. The average Bonchev–Trinajstić information content (AvgIpc) is 3.23. The van der Waals surface area contributed by atoms with Crippen LogP contribution < -0.4 is 10.5 Å². The number of aliphatic hydroxyl groups is 1. The first-order chi connectivity index (χ1) is 8.81. The summed E-state index contributed by atoms with van der Waals surface area (Å²) in [5.41, 5.74) is 7.06. The van der Waals surface area contributed by atoms with Crippen molar-refractivity contribution >= 4 is 0 Å². The van der Waals surface area contributed by atoms with Crippen LogP contribution >= 0.6 is 0 Å². The lowest BCUT2D eigenvalue weighted by atomic mass is 10.0. The number of rotatable bonds is 7. The first kappa shape index (κ1) is 13.3. The maximum absolute atomic E-state index is 9.22. The second-order valence-corrected chi connectivity index (χ2v) is 4.69. The lowest BCUT2D eigenvalue weighted by Crippen LogP contribution is -2.37. The molecule has 0 heterocycles. The Morgan fingerprint density at radius 2 is 2.17 bits per heavy atom. The third-order valence-corrected chi connectivity index (χ3v) is 3.50. The minimum absolute atomic E-state index is 0.126. The largest absolute Gasteiger partial charge is 0.496 e. The van der Waals surface area contributed by atoms with E-state index in [0.717, 1.165) is 11.3 Å². The van der Waals surface area contributed by atoms with Crippen molar-refractivity contribution in [1.82, 2.24) is 4.90 Å². The summed E-state index contributed by atoms with van der Waals surface area (Å²) >= 11 is 0. The molecule has 1 aromatic carbocycles. The van der Waals surface area contributed by atoms with Crippen LogP contribution in [0.15, 0.2) is 24.3 Å². The first-order valence-electron chi connectivity index (χ1n) is 6.51. The molecule has 1 unspecified atom stereocenters. The van der Waals surface area contributed by atoms with Crippen molar-refractivity contribution < 1.29 is 9.84 Å². The van der Waals surface area contributed by atoms with Gasteiger partial charge in [0.05, 0.1) is 19.8 Å². The van der Waals surface area contributed by atoms with Crippen LogP contribution in [0.3, 0.4) is 0 Å². The van der Waals surface area contributed by atoms with E-state index in [2.05, 4.69) is 11.0 Å². The molecule has 1 aromatic rings. The van der Waals surface area contributed by atoms with Crippen LogP contribution in [-0.2, 0) is 0 Å². The van der Waals surface area contributed by atoms with Gasteiger partial charge in [0.2, 0.25) is 0 Å². The van der Waals surface area contributed by atoms with Gasteiger partial charge in [-0.1, -0.05) is 18.2 Å². The van der Waals surface area contributed by atoms with E-state index in [4.69, 9.17) is 10.5 Å². The molecule has 18 heavy (non-hydrogen) atoms. The van der Waals surface area contributed by atoms with Crippen LogP contribution in [0.1, 0.15) is 24.4 Å². The number of benzene rings is 1. The summed E-state index contributed by atoms with van der Waals surface area (Å²) in [5.74, 6) is 0.872. The highest BCUT2D eigenvalue weighted by Gasteiger charge is 2.34. The van der Waals surface area contributed by atoms with Crippen molar-refractivity contribution in [2.75, 3.05) is 26.8 Å². The SMILES string of the molecule is COc1ccccc1C(CN)N(CCO)C1CC1. The zero-order valence-electron chi connectivity index (χ0n) is 10.9. The monoisotopic (exact) mass is 250 g/mol. The Labute approximate surface area is 108 Å². The topological polar surface area (TPSA) is 58.7 Å². The zero-order valence-corrected chi connectivity index (χ0v) is 10.9. The molecular weight excluding hydrogens is 228 g/mol. The second-order valence-electron chi connectivity index (χ2n) is 4.69. The van der Waals surface area contributed by atoms with E-state index >= 15 is 0 Å². The molecule has 3 N–H and O–H groups in total. The van der Waals surface area contributed by atoms with Crippen molar-refractivity contribution in [2.24, 2.45) is 5.73 Å². The highest BCUT2D eigenvalue weighted by molar-refractivity contribution is 5.36. The molecule has 1 aliphatic carbocycles. The summed E-state index contributed by atoms with van der Waals surface area (Å²) in [5, 5.41) is 9.22. The molecule has 1 atom stereocenters. The Hall–Kier alpha value is -1.10. The minimum Gasteiger partial charge on any atom is -0.496 e. The van der Waals surface area contributed by atoms with Gasteiger partial charge in [-0.3, -0.25) is 4.90 Å². The number of hydrogen-bond acceptors (Lipinski definition) is 4. The molecule has 0 spiro atoms. The van der Waals surface area contributed by atoms with Gasteiger partial charge >= 0.3 is 0 Å². The van der Waals surface area contributed by atoms with Gasteiger partial charge in [-0.25, -0.2) is 0 Å². The van der Waals surface area contributed by atoms with Crippen LogP contribution in [0.25, 0.3) is 0 Å². The van der Waals surface area contributed by atoms with E-state index in [1.54, 1.807) is 7.11 Å². The van der Waals surface area contributed by atoms with Gasteiger partial charge in [-0.15, -0.1) is 0 Å². The average molecular weight is 250 g/mol. The molecule has 0 amide bonds. The van der Waals surface area contributed by atoms with Crippen LogP contribution in [0.2, 0.25) is 0 Å². The Kier molecular flexibility index (Phi) is 4.58. The molecule has 1 aliphatic rings. The first-order valence-corrected chi connectivity index (χ1v) is 6.51. The molecule has 4 nitrogen and oxygen atoms in total. The molecule has 0 radical (unpaired) electrons. The summed E-state index contributed by atoms with van der Waals surface area (Å²) < 4.78 is 5.41. The summed E-state index contributed by atoms with van der Waals surface area (Å²) in [6.45, 7) is 1.38. The van der Waals surface area contributed by atoms with Crippen LogP contribution in [0.4, 0.5) is 0 Å². The lowest BCUT2D eigenvalue weighted by molar-refractivity contribution is 0.143. The Balaban J connectivity index is 2.24. The van der Waals surface area contributed by atoms with Gasteiger partial charge in [-0.05, 0) is 18.9 Å². The number of methoxy groups -OCH3 is 1. The molecule has 100 valence electrons. The summed E-state index contributed by atoms with van der Waals surface area (Å²) in [7, 11) is 1.68. The predicted molar refractivity (Wildman–Crippen MR) is 71.6 cm³/mol. The van der Waals surface area contributed by atoms with Gasteiger partial charge in [0.15, 0.2) is 0 Å². The van der Waals surface area contributed by atoms with Crippen molar-refractivity contribution in [3.63, 3.8) is 0 Å². The van der Waals surface area contributed by atoms with Gasteiger partial charge in [0, 0.05) is 24.7 Å². The van der Waals surface area contributed by atoms with E-state index in [0.29, 0.717) is 19.1 Å². The number of ether oxygens (including phenoxy) is 1. The Morgan fingerprint density at radius 3 is 2.72 bits per heavy atom. The quantitative estimate of drug-likeness (QED) is 0.762. The van der Waals surface area contributed by atoms with Gasteiger partial charge in [0.1, 0.15) is 5.75 Å². The van der Waals surface area contributed by atoms with Crippen molar-refractivity contribution in [1.29, 1.82) is 0 Å². The Bertz CT molecular complexity index is 380. The smallest absolute Gasteiger partial charge is 0.123 e. The van der Waals surface area contributed by atoms with E-state index in [1.807, 2.05) is 18.2 Å². The highest BCUT2D eigenvalue weighted by Crippen LogP contribution is 2.36. The number of nitrogens with two attached hydrogens (primary N) is 1. The van der Waals surface area contributed by atoms with E-state index in [9.17, 15) is 5.11 Å². The fourth-order valence-corrected chi connectivity index (χ4v) is 2.50. The summed E-state index contributed by atoms with van der Waals surface area (Å²) in [4.78, 5) is 2.30. The van der Waals surface area contributed by atoms with E-state index in [-0.39, 0.29) is 12.6 Å². The third-order valence-electron chi connectivity index (χ3n) is 3.50. The molecule has 0 bridgehead atoms. The lowest BCUT2D eigenvalue weighted by Gasteiger charge is -2.31. The standard InChI is InChI=1S/C14H22N2O2/c1-18-14-5-3-2-4-12(14)13(10-15)16(8-9-17)11-6-7-11/h2-5,11,13,17H,6-10,15H2,1H3. The molecular formula is C14H22N2O2. The van der Waals surface area contributed by atoms with Crippen molar-refractivity contribution in [2.45, 2.75) is 24.9 Å². The number of nitrogens with zero attached hydrogens (tertiary/aromatic N) is 1. The number of aliphatic hydroxyl groups excluding tert-OH is 1. The molecule has 1 saturated carbocycles. The molecule has 1 fully saturated rings. The van der Waals surface area contributed by atoms with Crippen molar-refractivity contribution in [3.05, 3.63) is 29.8 Å². The highest BCUT2D eigenvalue weighted by atomic mass is 16.5. The minimum atomic E-state index is 0.126. The molecule has 0 aliphatic heterocycles. The molecule has 0 saturated heterocycles. The fraction of sp³-hybridized carbons (Fsp3) is 0.571. The van der Waals surface area contributed by atoms with Crippen LogP contribution in [0.5, 0.6) is 5.75 Å². The van der Waals surface area contributed by atoms with Crippen LogP contribution in [-0.4, -0.2) is 42.9 Å². The summed E-state index contributed by atoms with van der Waals surface area (Å²) in [6, 6.07) is 8.68. The third kappa shape index (κ3) is 2.83. The van der Waals surface area contributed by atoms with Gasteiger partial charge in [-0.2, -0.15) is 0 Å². The van der Waals surface area contributed by atoms with Crippen LogP contribution in [0, 0.1) is 0 Å². The molecule has 4 heteroatoms. The number of hydrogen-bond donors (Lipinski definition) is 2. The zero-order chi connectivity index (χ0) is 13.0. The van der Waals surface area contributed by atoms with Crippen molar-refractivity contribution in [3.8, 4) is 5.75 Å². The second kappa shape index (κ2) is 6.18. The van der Waals surface area contributed by atoms with E-state index in [1.165, 1.54) is 12.8 Å². The molecule has 2 rings (SSSR count). The number of para-hydroxylation sites is 1. The maximum Gasteiger partial charge on any atom is 0.123 e. The molecule has 0 aromatic heterocycles. The van der Waals surface area contributed by atoms with Gasteiger partial charge in [0.25, 0.3) is 0 Å². The Morgan fingerprint density at radius 1 is 1.44 bits per heavy atom.